The molecule has 1 atom stereocenters. The predicted octanol–water partition coefficient (Wildman–Crippen LogP) is 1.41. The van der Waals surface area contributed by atoms with Crippen LogP contribution < -0.4 is 5.32 Å². The van der Waals surface area contributed by atoms with Gasteiger partial charge in [0, 0.05) is 11.8 Å². The molecule has 5 nitrogen and oxygen atoms in total. The monoisotopic (exact) mass is 277 g/mol. The van der Waals surface area contributed by atoms with Crippen LogP contribution >= 0.6 is 0 Å². The van der Waals surface area contributed by atoms with Gasteiger partial charge < -0.3 is 10.4 Å². The molecule has 0 radical (unpaired) electrons. The fourth-order valence-corrected chi connectivity index (χ4v) is 1.61. The highest BCUT2D eigenvalue weighted by Gasteiger charge is 2.31. The van der Waals surface area contributed by atoms with Crippen LogP contribution in [0.2, 0.25) is 0 Å². The summed E-state index contributed by atoms with van der Waals surface area (Å²) in [5.41, 5.74) is -0.0525. The van der Waals surface area contributed by atoms with Crippen molar-refractivity contribution in [3.63, 3.8) is 0 Å². The lowest BCUT2D eigenvalue weighted by atomic mass is 9.90. The maximum absolute atomic E-state index is 11.8. The second kappa shape index (κ2) is 6.32. The summed E-state index contributed by atoms with van der Waals surface area (Å²) in [5.74, 6) is -2.65. The van der Waals surface area contributed by atoms with E-state index in [0.29, 0.717) is 0 Å². The fraction of sp³-hybridized carbons (Fsp3) is 0.400. The molecule has 108 valence electrons. The molecule has 5 heteroatoms. The highest BCUT2D eigenvalue weighted by molar-refractivity contribution is 6.38. The molecule has 0 spiro atoms. The van der Waals surface area contributed by atoms with Crippen molar-refractivity contribution in [3.05, 3.63) is 35.9 Å². The standard InChI is InChI=1S/C15H19NO4/c1-15(2,3)12(17)13(18)16-11(14(19)20)9-10-7-5-4-6-8-10/h4-8,11H,9H2,1-3H3,(H,16,18)(H,19,20). The summed E-state index contributed by atoms with van der Waals surface area (Å²) < 4.78 is 0. The maximum Gasteiger partial charge on any atom is 0.326 e. The van der Waals surface area contributed by atoms with Gasteiger partial charge in [0.05, 0.1) is 0 Å². The second-order valence-corrected chi connectivity index (χ2v) is 5.63. The molecule has 0 heterocycles. The minimum atomic E-state index is -1.16. The SMILES string of the molecule is CC(C)(C)C(=O)C(=O)NC(Cc1ccccc1)C(=O)O. The molecule has 1 unspecified atom stereocenters. The smallest absolute Gasteiger partial charge is 0.326 e. The van der Waals surface area contributed by atoms with Crippen LogP contribution in [0.15, 0.2) is 30.3 Å². The first-order valence-electron chi connectivity index (χ1n) is 6.34. The third-order valence-corrected chi connectivity index (χ3v) is 2.77. The number of benzene rings is 1. The van der Waals surface area contributed by atoms with Gasteiger partial charge in [0.2, 0.25) is 5.78 Å². The van der Waals surface area contributed by atoms with Crippen molar-refractivity contribution >= 4 is 17.7 Å². The van der Waals surface area contributed by atoms with Gasteiger partial charge in [-0.1, -0.05) is 51.1 Å². The zero-order valence-corrected chi connectivity index (χ0v) is 11.8. The molecule has 0 aliphatic heterocycles. The van der Waals surface area contributed by atoms with E-state index in [2.05, 4.69) is 5.32 Å². The molecule has 1 aromatic rings. The number of carboxylic acids is 1. The van der Waals surface area contributed by atoms with Crippen LogP contribution in [0.25, 0.3) is 0 Å². The molecule has 20 heavy (non-hydrogen) atoms. The average Bonchev–Trinajstić information content (AvgIpc) is 2.37. The van der Waals surface area contributed by atoms with Crippen LogP contribution in [0.5, 0.6) is 0 Å². The normalized spacial score (nSPS) is 12.6. The number of nitrogens with one attached hydrogen (secondary N) is 1. The number of rotatable bonds is 5. The largest absolute Gasteiger partial charge is 0.480 e. The van der Waals surface area contributed by atoms with Crippen LogP contribution in [0.1, 0.15) is 26.3 Å². The molecule has 0 fully saturated rings. The first-order chi connectivity index (χ1) is 9.21. The number of carboxylic acid groups (broad SMARTS) is 1. The van der Waals surface area contributed by atoms with Gasteiger partial charge in [-0.25, -0.2) is 4.79 Å². The number of aliphatic carboxylic acids is 1. The van der Waals surface area contributed by atoms with Gasteiger partial charge in [-0.3, -0.25) is 9.59 Å². The van der Waals surface area contributed by atoms with Crippen molar-refractivity contribution in [2.75, 3.05) is 0 Å². The number of carbonyl (C=O) groups excluding carboxylic acids is 2. The molecule has 0 saturated carbocycles. The Morgan fingerprint density at radius 3 is 2.15 bits per heavy atom. The number of carbonyl (C=O) groups is 3. The van der Waals surface area contributed by atoms with Crippen molar-refractivity contribution in [2.24, 2.45) is 5.41 Å². The van der Waals surface area contributed by atoms with E-state index in [1.54, 1.807) is 45.0 Å². The van der Waals surface area contributed by atoms with Gasteiger partial charge in [-0.15, -0.1) is 0 Å². The quantitative estimate of drug-likeness (QED) is 0.797. The summed E-state index contributed by atoms with van der Waals surface area (Å²) in [4.78, 5) is 34.7. The number of hydrogen-bond acceptors (Lipinski definition) is 3. The molecular formula is C15H19NO4. The summed E-state index contributed by atoms with van der Waals surface area (Å²) in [6, 6.07) is 7.82. The summed E-state index contributed by atoms with van der Waals surface area (Å²) in [5, 5.41) is 11.4. The Labute approximate surface area is 118 Å². The number of hydrogen-bond donors (Lipinski definition) is 2. The molecule has 0 aliphatic rings. The molecule has 2 N–H and O–H groups in total. The van der Waals surface area contributed by atoms with E-state index in [-0.39, 0.29) is 6.42 Å². The third kappa shape index (κ3) is 4.50. The zero-order valence-electron chi connectivity index (χ0n) is 11.8. The first-order valence-corrected chi connectivity index (χ1v) is 6.34. The molecule has 1 amide bonds. The molecule has 0 bridgehead atoms. The third-order valence-electron chi connectivity index (χ3n) is 2.77. The van der Waals surface area contributed by atoms with Gasteiger partial charge in [-0.2, -0.15) is 0 Å². The number of Topliss-reactive ketones (excluding diaryl/α,β-unsaturated/α-hetero) is 1. The Morgan fingerprint density at radius 1 is 1.15 bits per heavy atom. The highest BCUT2D eigenvalue weighted by Crippen LogP contribution is 2.14. The van der Waals surface area contributed by atoms with Crippen LogP contribution in [0.4, 0.5) is 0 Å². The van der Waals surface area contributed by atoms with Gasteiger partial charge in [0.15, 0.2) is 0 Å². The Kier molecular flexibility index (Phi) is 5.02. The van der Waals surface area contributed by atoms with Crippen LogP contribution in [-0.2, 0) is 20.8 Å². The van der Waals surface area contributed by atoms with Crippen molar-refractivity contribution < 1.29 is 19.5 Å². The number of amides is 1. The van der Waals surface area contributed by atoms with E-state index in [4.69, 9.17) is 5.11 Å². The lowest BCUT2D eigenvalue weighted by Crippen LogP contribution is -2.47. The van der Waals surface area contributed by atoms with Crippen LogP contribution in [0, 0.1) is 5.41 Å². The summed E-state index contributed by atoms with van der Waals surface area (Å²) in [7, 11) is 0. The first kappa shape index (κ1) is 15.9. The molecule has 0 saturated heterocycles. The summed E-state index contributed by atoms with van der Waals surface area (Å²) >= 11 is 0. The Hall–Kier alpha value is -2.17. The topological polar surface area (TPSA) is 83.5 Å². The van der Waals surface area contributed by atoms with E-state index in [1.165, 1.54) is 0 Å². The van der Waals surface area contributed by atoms with Crippen LogP contribution in [0.3, 0.4) is 0 Å². The Bertz CT molecular complexity index is 502. The predicted molar refractivity (Wildman–Crippen MR) is 74.2 cm³/mol. The van der Waals surface area contributed by atoms with Crippen LogP contribution in [-0.4, -0.2) is 28.8 Å². The molecule has 0 aliphatic carbocycles. The van der Waals surface area contributed by atoms with E-state index in [0.717, 1.165) is 5.56 Å². The second-order valence-electron chi connectivity index (χ2n) is 5.63. The van der Waals surface area contributed by atoms with Crippen molar-refractivity contribution in [3.8, 4) is 0 Å². The Morgan fingerprint density at radius 2 is 1.70 bits per heavy atom. The van der Waals surface area contributed by atoms with Gasteiger partial charge in [0.25, 0.3) is 5.91 Å². The molecule has 1 rings (SSSR count). The van der Waals surface area contributed by atoms with Crippen molar-refractivity contribution in [1.29, 1.82) is 0 Å². The minimum absolute atomic E-state index is 0.138. The zero-order chi connectivity index (χ0) is 15.3. The van der Waals surface area contributed by atoms with Gasteiger partial charge in [0.1, 0.15) is 6.04 Å². The summed E-state index contributed by atoms with van der Waals surface area (Å²) in [6.45, 7) is 4.84. The Balaban J connectivity index is 2.76. The molecule has 0 aromatic heterocycles. The lowest BCUT2D eigenvalue weighted by molar-refractivity contribution is -0.146. The molecule has 1 aromatic carbocycles. The van der Waals surface area contributed by atoms with Crippen molar-refractivity contribution in [1.82, 2.24) is 5.32 Å². The lowest BCUT2D eigenvalue weighted by Gasteiger charge is -2.19. The van der Waals surface area contributed by atoms with E-state index in [1.807, 2.05) is 6.07 Å². The van der Waals surface area contributed by atoms with Gasteiger partial charge >= 0.3 is 5.97 Å². The maximum atomic E-state index is 11.8. The summed E-state index contributed by atoms with van der Waals surface area (Å²) in [6.07, 6.45) is 0.138. The molecular weight excluding hydrogens is 258 g/mol. The van der Waals surface area contributed by atoms with E-state index >= 15 is 0 Å². The van der Waals surface area contributed by atoms with E-state index in [9.17, 15) is 14.4 Å². The van der Waals surface area contributed by atoms with E-state index < -0.39 is 29.1 Å². The number of ketones is 1. The fourth-order valence-electron chi connectivity index (χ4n) is 1.61. The minimum Gasteiger partial charge on any atom is -0.480 e. The van der Waals surface area contributed by atoms with Gasteiger partial charge in [-0.05, 0) is 5.56 Å². The average molecular weight is 277 g/mol. The van der Waals surface area contributed by atoms with Crippen molar-refractivity contribution in [2.45, 2.75) is 33.2 Å². The highest BCUT2D eigenvalue weighted by atomic mass is 16.4.